The van der Waals surface area contributed by atoms with Gasteiger partial charge in [0.1, 0.15) is 12.4 Å². The molecule has 0 saturated heterocycles. The van der Waals surface area contributed by atoms with Crippen molar-refractivity contribution in [2.75, 3.05) is 6.54 Å². The van der Waals surface area contributed by atoms with Crippen LogP contribution in [0, 0.1) is 23.3 Å². The number of benzene rings is 1. The van der Waals surface area contributed by atoms with Crippen LogP contribution < -0.4 is 5.73 Å². The molecule has 0 fully saturated rings. The van der Waals surface area contributed by atoms with E-state index in [2.05, 4.69) is 4.74 Å². The molecule has 0 heterocycles. The normalized spacial score (nSPS) is 10.4. The molecule has 4 nitrogen and oxygen atoms in total. The van der Waals surface area contributed by atoms with Crippen molar-refractivity contribution in [3.8, 4) is 0 Å². The maximum absolute atomic E-state index is 13.2. The molecule has 2 N–H and O–H groups in total. The van der Waals surface area contributed by atoms with Crippen LogP contribution in [0.3, 0.4) is 0 Å². The number of ketones is 1. The lowest BCUT2D eigenvalue weighted by atomic mass is 10.2. The summed E-state index contributed by atoms with van der Waals surface area (Å²) in [6.07, 6.45) is -0.437. The predicted molar refractivity (Wildman–Crippen MR) is 59.4 cm³/mol. The first-order valence-corrected chi connectivity index (χ1v) is 5.56. The van der Waals surface area contributed by atoms with E-state index < -0.39 is 41.4 Å². The molecule has 110 valence electrons. The topological polar surface area (TPSA) is 69.4 Å². The van der Waals surface area contributed by atoms with Crippen LogP contribution in [0.4, 0.5) is 17.6 Å². The highest BCUT2D eigenvalue weighted by Crippen LogP contribution is 2.19. The van der Waals surface area contributed by atoms with E-state index in [0.29, 0.717) is 6.07 Å². The Morgan fingerprint density at radius 2 is 1.70 bits per heavy atom. The molecule has 0 unspecified atom stereocenters. The average molecular weight is 293 g/mol. The lowest BCUT2D eigenvalue weighted by Crippen LogP contribution is -2.15. The lowest BCUT2D eigenvalue weighted by Gasteiger charge is -2.07. The van der Waals surface area contributed by atoms with Gasteiger partial charge >= 0.3 is 5.97 Å². The van der Waals surface area contributed by atoms with Crippen LogP contribution in [0.1, 0.15) is 18.4 Å². The molecule has 0 aromatic heterocycles. The van der Waals surface area contributed by atoms with E-state index in [1.54, 1.807) is 0 Å². The number of hydrogen-bond acceptors (Lipinski definition) is 4. The number of esters is 1. The van der Waals surface area contributed by atoms with Crippen molar-refractivity contribution in [2.45, 2.75) is 19.4 Å². The number of nitrogens with two attached hydrogens (primary N) is 1. The molecular formula is C12H11F4NO3. The molecule has 0 aliphatic heterocycles. The second-order valence-electron chi connectivity index (χ2n) is 3.86. The Hall–Kier alpha value is -1.96. The van der Waals surface area contributed by atoms with Crippen molar-refractivity contribution in [3.63, 3.8) is 0 Å². The quantitative estimate of drug-likeness (QED) is 0.374. The minimum atomic E-state index is -1.98. The molecule has 1 aromatic rings. The van der Waals surface area contributed by atoms with Gasteiger partial charge in [-0.3, -0.25) is 9.59 Å². The number of carbonyl (C=O) groups excluding carboxylic acids is 2. The number of carbonyl (C=O) groups is 2. The van der Waals surface area contributed by atoms with Crippen molar-refractivity contribution >= 4 is 11.8 Å². The molecule has 0 aliphatic carbocycles. The number of ether oxygens (including phenoxy) is 1. The average Bonchev–Trinajstić information content (AvgIpc) is 2.44. The Kier molecular flexibility index (Phi) is 5.63. The molecule has 1 rings (SSSR count). The summed E-state index contributed by atoms with van der Waals surface area (Å²) in [6.45, 7) is -0.994. The first-order chi connectivity index (χ1) is 9.36. The van der Waals surface area contributed by atoms with E-state index in [1.165, 1.54) is 0 Å². The van der Waals surface area contributed by atoms with Crippen molar-refractivity contribution in [1.82, 2.24) is 0 Å². The van der Waals surface area contributed by atoms with Crippen LogP contribution >= 0.6 is 0 Å². The SMILES string of the molecule is NCC(=O)CCC(=O)OCc1cc(F)c(F)c(F)c1F. The van der Waals surface area contributed by atoms with Crippen LogP contribution in [-0.2, 0) is 20.9 Å². The molecule has 0 radical (unpaired) electrons. The summed E-state index contributed by atoms with van der Waals surface area (Å²) in [6, 6.07) is 0.395. The van der Waals surface area contributed by atoms with Crippen LogP contribution in [0.5, 0.6) is 0 Å². The van der Waals surface area contributed by atoms with E-state index in [-0.39, 0.29) is 25.2 Å². The van der Waals surface area contributed by atoms with Crippen LogP contribution in [0.25, 0.3) is 0 Å². The summed E-state index contributed by atoms with van der Waals surface area (Å²) in [4.78, 5) is 22.0. The minimum absolute atomic E-state index is 0.149. The van der Waals surface area contributed by atoms with Crippen molar-refractivity contribution in [1.29, 1.82) is 0 Å². The van der Waals surface area contributed by atoms with Gasteiger partial charge in [-0.15, -0.1) is 0 Å². The molecule has 8 heteroatoms. The molecule has 0 atom stereocenters. The fourth-order valence-electron chi connectivity index (χ4n) is 1.30. The summed E-state index contributed by atoms with van der Waals surface area (Å²) >= 11 is 0. The number of Topliss-reactive ketones (excluding diaryl/α,β-unsaturated/α-hetero) is 1. The van der Waals surface area contributed by atoms with Gasteiger partial charge in [-0.25, -0.2) is 17.6 Å². The van der Waals surface area contributed by atoms with E-state index >= 15 is 0 Å². The Balaban J connectivity index is 2.62. The van der Waals surface area contributed by atoms with Crippen molar-refractivity contribution < 1.29 is 31.9 Å². The Morgan fingerprint density at radius 3 is 2.30 bits per heavy atom. The second kappa shape index (κ2) is 6.99. The van der Waals surface area contributed by atoms with Crippen molar-refractivity contribution in [2.24, 2.45) is 5.73 Å². The largest absolute Gasteiger partial charge is 0.461 e. The van der Waals surface area contributed by atoms with Crippen LogP contribution in [-0.4, -0.2) is 18.3 Å². The number of rotatable bonds is 6. The summed E-state index contributed by atoms with van der Waals surface area (Å²) in [5.74, 6) is -8.37. The Labute approximate surface area is 111 Å². The van der Waals surface area contributed by atoms with Crippen molar-refractivity contribution in [3.05, 3.63) is 34.9 Å². The van der Waals surface area contributed by atoms with Gasteiger partial charge in [0.2, 0.25) is 0 Å². The van der Waals surface area contributed by atoms with E-state index in [1.807, 2.05) is 0 Å². The molecule has 1 aromatic carbocycles. The predicted octanol–water partition coefficient (Wildman–Crippen LogP) is 1.59. The summed E-state index contributed by atoms with van der Waals surface area (Å²) in [5.41, 5.74) is 4.38. The van der Waals surface area contributed by atoms with Gasteiger partial charge in [-0.2, -0.15) is 0 Å². The molecule has 0 aliphatic rings. The van der Waals surface area contributed by atoms with Crippen LogP contribution in [0.2, 0.25) is 0 Å². The minimum Gasteiger partial charge on any atom is -0.461 e. The highest BCUT2D eigenvalue weighted by molar-refractivity contribution is 5.84. The zero-order valence-corrected chi connectivity index (χ0v) is 10.2. The van der Waals surface area contributed by atoms with E-state index in [0.717, 1.165) is 0 Å². The molecule has 0 spiro atoms. The fraction of sp³-hybridized carbons (Fsp3) is 0.333. The van der Waals surface area contributed by atoms with Gasteiger partial charge in [-0.05, 0) is 6.07 Å². The first-order valence-electron chi connectivity index (χ1n) is 5.56. The number of hydrogen-bond donors (Lipinski definition) is 1. The summed E-state index contributed by atoms with van der Waals surface area (Å²) in [5, 5.41) is 0. The molecular weight excluding hydrogens is 282 g/mol. The maximum atomic E-state index is 13.2. The fourth-order valence-corrected chi connectivity index (χ4v) is 1.30. The van der Waals surface area contributed by atoms with Crippen LogP contribution in [0.15, 0.2) is 6.07 Å². The first kappa shape index (κ1) is 16.1. The molecule has 20 heavy (non-hydrogen) atoms. The molecule has 0 bridgehead atoms. The third-order valence-electron chi connectivity index (χ3n) is 2.40. The zero-order chi connectivity index (χ0) is 15.3. The Bertz CT molecular complexity index is 534. The molecule has 0 saturated carbocycles. The monoisotopic (exact) mass is 293 g/mol. The lowest BCUT2D eigenvalue weighted by molar-refractivity contribution is -0.146. The van der Waals surface area contributed by atoms with Gasteiger partial charge in [0, 0.05) is 12.0 Å². The van der Waals surface area contributed by atoms with E-state index in [9.17, 15) is 27.2 Å². The molecule has 0 amide bonds. The van der Waals surface area contributed by atoms with Gasteiger partial charge in [-0.1, -0.05) is 0 Å². The Morgan fingerprint density at radius 1 is 1.05 bits per heavy atom. The number of halogens is 4. The smallest absolute Gasteiger partial charge is 0.306 e. The summed E-state index contributed by atoms with van der Waals surface area (Å²) < 4.78 is 56.2. The van der Waals surface area contributed by atoms with Gasteiger partial charge in [0.05, 0.1) is 13.0 Å². The summed E-state index contributed by atoms with van der Waals surface area (Å²) in [7, 11) is 0. The second-order valence-corrected chi connectivity index (χ2v) is 3.86. The van der Waals surface area contributed by atoms with Gasteiger partial charge in [0.15, 0.2) is 23.3 Å². The van der Waals surface area contributed by atoms with E-state index in [4.69, 9.17) is 5.73 Å². The zero-order valence-electron chi connectivity index (χ0n) is 10.2. The standard InChI is InChI=1S/C12H11F4NO3/c13-8-3-6(10(14)12(16)11(8)15)5-20-9(19)2-1-7(18)4-17/h3H,1-2,4-5,17H2. The highest BCUT2D eigenvalue weighted by Gasteiger charge is 2.19. The third kappa shape index (κ3) is 4.02. The van der Waals surface area contributed by atoms with Gasteiger partial charge in [0.25, 0.3) is 0 Å². The highest BCUT2D eigenvalue weighted by atomic mass is 19.2. The maximum Gasteiger partial charge on any atom is 0.306 e. The van der Waals surface area contributed by atoms with Gasteiger partial charge < -0.3 is 10.5 Å². The third-order valence-corrected chi connectivity index (χ3v) is 2.40.